The molecule has 0 atom stereocenters. The highest BCUT2D eigenvalue weighted by molar-refractivity contribution is 7.93. The van der Waals surface area contributed by atoms with Gasteiger partial charge in [-0.05, 0) is 56.9 Å². The fraction of sp³-hybridized carbons (Fsp3) is 0.378. The minimum absolute atomic E-state index is 0.0441. The molecule has 5 rings (SSSR count). The van der Waals surface area contributed by atoms with E-state index in [1.807, 2.05) is 25.1 Å². The minimum Gasteiger partial charge on any atom is -0.377 e. The van der Waals surface area contributed by atoms with Crippen LogP contribution in [0.2, 0.25) is 0 Å². The van der Waals surface area contributed by atoms with Crippen LogP contribution in [0.25, 0.3) is 11.1 Å². The number of rotatable bonds is 16. The number of methoxy groups -OCH3 is 1. The second kappa shape index (κ2) is 16.5. The van der Waals surface area contributed by atoms with Crippen LogP contribution in [0.1, 0.15) is 71.0 Å². The lowest BCUT2D eigenvalue weighted by Gasteiger charge is -2.23. The van der Waals surface area contributed by atoms with Crippen LogP contribution in [0.3, 0.4) is 0 Å². The maximum absolute atomic E-state index is 14.4. The van der Waals surface area contributed by atoms with Crippen molar-refractivity contribution in [3.8, 4) is 11.1 Å². The first-order chi connectivity index (χ1) is 24.9. The van der Waals surface area contributed by atoms with Crippen LogP contribution in [0.15, 0.2) is 69.1 Å². The van der Waals surface area contributed by atoms with Crippen LogP contribution >= 0.6 is 0 Å². The average Bonchev–Trinajstić information content (AvgIpc) is 3.69. The van der Waals surface area contributed by atoms with Gasteiger partial charge in [-0.15, -0.1) is 0 Å². The zero-order chi connectivity index (χ0) is 37.6. The van der Waals surface area contributed by atoms with Crippen molar-refractivity contribution in [3.05, 3.63) is 105 Å². The molecular weight excluding hydrogens is 687 g/mol. The molecule has 0 spiro atoms. The molecule has 14 nitrogen and oxygen atoms in total. The summed E-state index contributed by atoms with van der Waals surface area (Å²) in [5.41, 5.74) is 3.44. The molecule has 0 radical (unpaired) electrons. The molecule has 3 heterocycles. The maximum atomic E-state index is 14.4. The van der Waals surface area contributed by atoms with Gasteiger partial charge in [0.05, 0.1) is 35.6 Å². The highest BCUT2D eigenvalue weighted by atomic mass is 32.2. The number of hydrogen-bond donors (Lipinski definition) is 1. The number of carbonyl (C=O) groups excluding carboxylic acids is 1. The second-order valence-electron chi connectivity index (χ2n) is 12.4. The smallest absolute Gasteiger partial charge is 0.268 e. The van der Waals surface area contributed by atoms with Crippen LogP contribution in [-0.2, 0) is 46.1 Å². The number of benzene rings is 2. The molecule has 0 saturated heterocycles. The second-order valence-corrected chi connectivity index (χ2v) is 14.3. The summed E-state index contributed by atoms with van der Waals surface area (Å²) in [4.78, 5) is 32.3. The van der Waals surface area contributed by atoms with Gasteiger partial charge in [-0.3, -0.25) is 18.8 Å². The maximum Gasteiger partial charge on any atom is 0.268 e. The van der Waals surface area contributed by atoms with Crippen LogP contribution < -0.4 is 15.2 Å². The molecule has 0 aliphatic heterocycles. The summed E-state index contributed by atoms with van der Waals surface area (Å²) in [5, 5.41) is 10.9. The molecule has 52 heavy (non-hydrogen) atoms. The molecule has 276 valence electrons. The van der Waals surface area contributed by atoms with Crippen molar-refractivity contribution in [2.45, 2.75) is 71.9 Å². The van der Waals surface area contributed by atoms with Gasteiger partial charge in [0.1, 0.15) is 23.9 Å². The number of unbranched alkanes of at least 4 members (excludes halogenated alkanes) is 1. The molecule has 0 unspecified atom stereocenters. The molecule has 0 aliphatic rings. The largest absolute Gasteiger partial charge is 0.377 e. The molecule has 3 aromatic heterocycles. The van der Waals surface area contributed by atoms with E-state index in [9.17, 15) is 18.0 Å². The lowest BCUT2D eigenvalue weighted by Crippen LogP contribution is -2.34. The van der Waals surface area contributed by atoms with E-state index in [4.69, 9.17) is 19.0 Å². The molecule has 5 aromatic rings. The molecular formula is C37H45N7O7S. The summed E-state index contributed by atoms with van der Waals surface area (Å²) < 4.78 is 49.4. The van der Waals surface area contributed by atoms with E-state index >= 15 is 0 Å². The van der Waals surface area contributed by atoms with Crippen molar-refractivity contribution in [2.75, 3.05) is 30.1 Å². The fourth-order valence-corrected chi connectivity index (χ4v) is 7.49. The number of hydrogen-bond acceptors (Lipinski definition) is 10. The Kier molecular flexibility index (Phi) is 12.1. The predicted molar refractivity (Wildman–Crippen MR) is 197 cm³/mol. The number of nitrogens with one attached hydrogen (secondary N) is 1. The van der Waals surface area contributed by atoms with E-state index in [1.54, 1.807) is 67.5 Å². The number of aryl methyl sites for hydroxylation is 4. The number of amides is 1. The van der Waals surface area contributed by atoms with Gasteiger partial charge >= 0.3 is 0 Å². The summed E-state index contributed by atoms with van der Waals surface area (Å²) in [6.07, 6.45) is 5.40. The van der Waals surface area contributed by atoms with E-state index in [0.717, 1.165) is 22.7 Å². The first kappa shape index (κ1) is 38.1. The number of ether oxygens (including phenoxy) is 2. The van der Waals surface area contributed by atoms with Gasteiger partial charge in [0.2, 0.25) is 0 Å². The predicted octanol–water partition coefficient (Wildman–Crippen LogP) is 5.54. The molecule has 0 saturated carbocycles. The molecule has 0 fully saturated rings. The quantitative estimate of drug-likeness (QED) is 0.128. The first-order valence-corrected chi connectivity index (χ1v) is 18.5. The SMILES string of the molecule is CCCCc1nc(C)c(C(=O)Nc2cnn(C)c2)c(=O)n1Cc1ccc(-c2ccccc2S(=O)(=O)N(COC)c2noc(C)c2C)c(COCC)c1. The van der Waals surface area contributed by atoms with Gasteiger partial charge in [0, 0.05) is 44.5 Å². The number of aromatic nitrogens is 5. The topological polar surface area (TPSA) is 164 Å². The highest BCUT2D eigenvalue weighted by Crippen LogP contribution is 2.35. The third-order valence-electron chi connectivity index (χ3n) is 8.71. The summed E-state index contributed by atoms with van der Waals surface area (Å²) in [6, 6.07) is 12.3. The normalized spacial score (nSPS) is 11.6. The first-order valence-electron chi connectivity index (χ1n) is 17.0. The average molecular weight is 732 g/mol. The Balaban J connectivity index is 1.59. The van der Waals surface area contributed by atoms with Crippen molar-refractivity contribution in [2.24, 2.45) is 7.05 Å². The Hall–Kier alpha value is -5.12. The van der Waals surface area contributed by atoms with Gasteiger partial charge < -0.3 is 19.3 Å². The van der Waals surface area contributed by atoms with Crippen molar-refractivity contribution in [1.82, 2.24) is 24.5 Å². The number of carbonyl (C=O) groups is 1. The van der Waals surface area contributed by atoms with Crippen LogP contribution in [-0.4, -0.2) is 59.3 Å². The third kappa shape index (κ3) is 8.01. The van der Waals surface area contributed by atoms with E-state index in [2.05, 4.69) is 22.5 Å². The fourth-order valence-electron chi connectivity index (χ4n) is 5.90. The van der Waals surface area contributed by atoms with E-state index in [1.165, 1.54) is 13.3 Å². The zero-order valence-corrected chi connectivity index (χ0v) is 31.4. The molecule has 0 bridgehead atoms. The Morgan fingerprint density at radius 3 is 2.50 bits per heavy atom. The number of nitrogens with zero attached hydrogens (tertiary/aromatic N) is 6. The molecule has 2 aromatic carbocycles. The van der Waals surface area contributed by atoms with E-state index < -0.39 is 21.5 Å². The minimum atomic E-state index is -4.21. The van der Waals surface area contributed by atoms with Gasteiger partial charge in [0.15, 0.2) is 5.82 Å². The summed E-state index contributed by atoms with van der Waals surface area (Å²) >= 11 is 0. The van der Waals surface area contributed by atoms with Gasteiger partial charge in [0.25, 0.3) is 21.5 Å². The van der Waals surface area contributed by atoms with E-state index in [0.29, 0.717) is 58.2 Å². The van der Waals surface area contributed by atoms with E-state index in [-0.39, 0.29) is 36.2 Å². The van der Waals surface area contributed by atoms with Crippen molar-refractivity contribution in [1.29, 1.82) is 0 Å². The van der Waals surface area contributed by atoms with Crippen LogP contribution in [0.5, 0.6) is 0 Å². The van der Waals surface area contributed by atoms with Crippen LogP contribution in [0.4, 0.5) is 11.5 Å². The standard InChI is InChI=1S/C37H45N7O7S/c1-8-10-15-33-39-25(4)34(36(45)40-29-19-38-42(6)21-29)37(46)43(33)20-27-16-17-30(28(18-27)22-50-9-2)31-13-11-12-14-32(31)52(47,48)44(23-49-7)35-24(3)26(5)51-41-35/h11-14,16-19,21H,8-10,15,20,22-23H2,1-7H3,(H,40,45). The number of sulfonamides is 1. The summed E-state index contributed by atoms with van der Waals surface area (Å²) in [5.74, 6) is 0.646. The Morgan fingerprint density at radius 1 is 1.08 bits per heavy atom. The van der Waals surface area contributed by atoms with Crippen LogP contribution in [0, 0.1) is 20.8 Å². The zero-order valence-electron chi connectivity index (χ0n) is 30.6. The Bertz CT molecular complexity index is 2220. The van der Waals surface area contributed by atoms with Crippen molar-refractivity contribution >= 4 is 27.4 Å². The third-order valence-corrected chi connectivity index (χ3v) is 10.5. The van der Waals surface area contributed by atoms with Gasteiger partial charge in [-0.1, -0.05) is 54.9 Å². The monoisotopic (exact) mass is 731 g/mol. The molecule has 1 amide bonds. The highest BCUT2D eigenvalue weighted by Gasteiger charge is 2.32. The van der Waals surface area contributed by atoms with Crippen molar-refractivity contribution in [3.63, 3.8) is 0 Å². The lowest BCUT2D eigenvalue weighted by atomic mass is 9.97. The Morgan fingerprint density at radius 2 is 1.85 bits per heavy atom. The number of anilines is 2. The van der Waals surface area contributed by atoms with Crippen molar-refractivity contribution < 1.29 is 27.2 Å². The summed E-state index contributed by atoms with van der Waals surface area (Å²) in [6.45, 7) is 9.51. The molecule has 0 aliphatic carbocycles. The lowest BCUT2D eigenvalue weighted by molar-refractivity contribution is 0.102. The molecule has 15 heteroatoms. The summed E-state index contributed by atoms with van der Waals surface area (Å²) in [7, 11) is -1.07. The van der Waals surface area contributed by atoms with Gasteiger partial charge in [-0.2, -0.15) is 5.10 Å². The Labute approximate surface area is 303 Å². The molecule has 1 N–H and O–H groups in total. The van der Waals surface area contributed by atoms with Gasteiger partial charge in [-0.25, -0.2) is 17.7 Å².